The van der Waals surface area contributed by atoms with Gasteiger partial charge in [-0.1, -0.05) is 20.3 Å². The zero-order valence-corrected chi connectivity index (χ0v) is 12.8. The van der Waals surface area contributed by atoms with Gasteiger partial charge in [-0.15, -0.1) is 0 Å². The zero-order chi connectivity index (χ0) is 14.8. The number of hydrogen-bond donors (Lipinski definition) is 2. The highest BCUT2D eigenvalue weighted by Gasteiger charge is 2.40. The fraction of sp³-hybridized carbons (Fsp3) is 0.571. The molecule has 6 heteroatoms. The molecule has 1 aromatic rings. The van der Waals surface area contributed by atoms with Gasteiger partial charge in [0.25, 0.3) is 0 Å². The molecule has 0 spiro atoms. The molecule has 1 fully saturated rings. The molecule has 1 saturated heterocycles. The maximum Gasteiger partial charge on any atom is 0.240 e. The number of nitrogens with zero attached hydrogens (tertiary/aromatic N) is 1. The highest BCUT2D eigenvalue weighted by molar-refractivity contribution is 7.89. The van der Waals surface area contributed by atoms with Gasteiger partial charge in [-0.2, -0.15) is 0 Å². The van der Waals surface area contributed by atoms with Gasteiger partial charge in [0.2, 0.25) is 10.0 Å². The number of sulfonamides is 1. The largest absolute Gasteiger partial charge is 0.386 e. The number of nitrogens with one attached hydrogen (secondary N) is 1. The number of anilines is 1. The van der Waals surface area contributed by atoms with Crippen LogP contribution in [0.15, 0.2) is 29.2 Å². The van der Waals surface area contributed by atoms with E-state index < -0.39 is 15.6 Å². The van der Waals surface area contributed by atoms with E-state index in [1.165, 1.54) is 0 Å². The fourth-order valence-electron chi connectivity index (χ4n) is 2.58. The number of aliphatic hydroxyl groups is 1. The number of β-amino-alcohol motifs (C(OH)–C–C–N with tert-alkyl or cyclic N) is 1. The van der Waals surface area contributed by atoms with Crippen molar-refractivity contribution in [2.75, 3.05) is 24.5 Å². The molecule has 0 aliphatic carbocycles. The summed E-state index contributed by atoms with van der Waals surface area (Å²) in [6.45, 7) is 5.40. The van der Waals surface area contributed by atoms with Crippen LogP contribution in [0.2, 0.25) is 0 Å². The van der Waals surface area contributed by atoms with Crippen LogP contribution in [-0.2, 0) is 10.0 Å². The molecule has 0 unspecified atom stereocenters. The summed E-state index contributed by atoms with van der Waals surface area (Å²) >= 11 is 0. The van der Waals surface area contributed by atoms with E-state index in [9.17, 15) is 13.5 Å². The summed E-state index contributed by atoms with van der Waals surface area (Å²) in [5.41, 5.74) is 0.365. The summed E-state index contributed by atoms with van der Waals surface area (Å²) < 4.78 is 26.1. The van der Waals surface area contributed by atoms with Crippen LogP contribution in [-0.4, -0.2) is 38.8 Å². The predicted octanol–water partition coefficient (Wildman–Crippen LogP) is 1.34. The maximum atomic E-state index is 11.8. The van der Waals surface area contributed by atoms with Gasteiger partial charge in [0, 0.05) is 25.3 Å². The van der Waals surface area contributed by atoms with E-state index in [0.29, 0.717) is 19.6 Å². The lowest BCUT2D eigenvalue weighted by Gasteiger charge is -2.48. The topological polar surface area (TPSA) is 69.6 Å². The first-order valence-corrected chi connectivity index (χ1v) is 8.45. The summed E-state index contributed by atoms with van der Waals surface area (Å²) in [7, 11) is -3.39. The van der Waals surface area contributed by atoms with Gasteiger partial charge in [-0.05, 0) is 30.7 Å². The molecular formula is C14H22N2O3S. The van der Waals surface area contributed by atoms with Crippen molar-refractivity contribution < 1.29 is 13.5 Å². The van der Waals surface area contributed by atoms with E-state index in [2.05, 4.69) is 16.5 Å². The lowest BCUT2D eigenvalue weighted by atomic mass is 9.89. The SMILES string of the molecule is CCCC1(O)CN(c2ccc(S(=O)(=O)NCC)cc2)C1. The van der Waals surface area contributed by atoms with Gasteiger partial charge in [-0.3, -0.25) is 0 Å². The van der Waals surface area contributed by atoms with E-state index in [1.807, 2.05) is 0 Å². The van der Waals surface area contributed by atoms with Crippen LogP contribution in [0.25, 0.3) is 0 Å². The van der Waals surface area contributed by atoms with Crippen LogP contribution in [0.4, 0.5) is 5.69 Å². The van der Waals surface area contributed by atoms with Crippen LogP contribution >= 0.6 is 0 Å². The van der Waals surface area contributed by atoms with Crippen molar-refractivity contribution in [3.8, 4) is 0 Å². The highest BCUT2D eigenvalue weighted by Crippen LogP contribution is 2.31. The third-order valence-electron chi connectivity index (χ3n) is 3.53. The first-order chi connectivity index (χ1) is 9.40. The van der Waals surface area contributed by atoms with Crippen molar-refractivity contribution in [2.45, 2.75) is 37.2 Å². The lowest BCUT2D eigenvalue weighted by Crippen LogP contribution is -2.61. The summed E-state index contributed by atoms with van der Waals surface area (Å²) in [5.74, 6) is 0. The Hall–Kier alpha value is -1.11. The molecule has 0 amide bonds. The molecule has 1 aliphatic heterocycles. The number of rotatable bonds is 6. The Kier molecular flexibility index (Phi) is 4.36. The van der Waals surface area contributed by atoms with Gasteiger partial charge >= 0.3 is 0 Å². The molecule has 1 aromatic carbocycles. The molecule has 2 rings (SSSR count). The summed E-state index contributed by atoms with van der Waals surface area (Å²) in [5, 5.41) is 10.1. The molecule has 20 heavy (non-hydrogen) atoms. The van der Waals surface area contributed by atoms with Crippen LogP contribution in [0.1, 0.15) is 26.7 Å². The van der Waals surface area contributed by atoms with Crippen molar-refractivity contribution in [1.82, 2.24) is 4.72 Å². The monoisotopic (exact) mass is 298 g/mol. The molecule has 1 aliphatic rings. The second kappa shape index (κ2) is 5.71. The maximum absolute atomic E-state index is 11.8. The Morgan fingerprint density at radius 1 is 1.25 bits per heavy atom. The molecule has 0 radical (unpaired) electrons. The summed E-state index contributed by atoms with van der Waals surface area (Å²) in [6.07, 6.45) is 1.76. The quantitative estimate of drug-likeness (QED) is 0.831. The zero-order valence-electron chi connectivity index (χ0n) is 12.0. The third-order valence-corrected chi connectivity index (χ3v) is 5.09. The minimum Gasteiger partial charge on any atom is -0.386 e. The molecule has 0 atom stereocenters. The molecule has 0 aromatic heterocycles. The van der Waals surface area contributed by atoms with Gasteiger partial charge in [0.05, 0.1) is 10.5 Å². The van der Waals surface area contributed by atoms with E-state index in [1.54, 1.807) is 31.2 Å². The Bertz CT molecular complexity index is 548. The Morgan fingerprint density at radius 2 is 1.85 bits per heavy atom. The molecular weight excluding hydrogens is 276 g/mol. The summed E-state index contributed by atoms with van der Waals surface area (Å²) in [4.78, 5) is 2.33. The Labute approximate surface area is 120 Å². The van der Waals surface area contributed by atoms with E-state index in [4.69, 9.17) is 0 Å². The van der Waals surface area contributed by atoms with Crippen LogP contribution < -0.4 is 9.62 Å². The predicted molar refractivity (Wildman–Crippen MR) is 79.4 cm³/mol. The Balaban J connectivity index is 2.04. The standard InChI is InChI=1S/C14H22N2O3S/c1-3-9-14(17)10-16(11-14)12-5-7-13(8-6-12)20(18,19)15-4-2/h5-8,15,17H,3-4,9-11H2,1-2H3. The molecule has 0 bridgehead atoms. The van der Waals surface area contributed by atoms with Gasteiger partial charge in [0.15, 0.2) is 0 Å². The first-order valence-electron chi connectivity index (χ1n) is 6.97. The molecule has 2 N–H and O–H groups in total. The van der Waals surface area contributed by atoms with Crippen molar-refractivity contribution in [1.29, 1.82) is 0 Å². The van der Waals surface area contributed by atoms with Gasteiger partial charge < -0.3 is 10.0 Å². The minimum atomic E-state index is -3.39. The third kappa shape index (κ3) is 3.13. The van der Waals surface area contributed by atoms with Gasteiger partial charge in [0.1, 0.15) is 0 Å². The highest BCUT2D eigenvalue weighted by atomic mass is 32.2. The van der Waals surface area contributed by atoms with Crippen molar-refractivity contribution in [2.24, 2.45) is 0 Å². The second-order valence-corrected chi connectivity index (χ2v) is 7.09. The van der Waals surface area contributed by atoms with Gasteiger partial charge in [-0.25, -0.2) is 13.1 Å². The fourth-order valence-corrected chi connectivity index (χ4v) is 3.62. The smallest absolute Gasteiger partial charge is 0.240 e. The number of benzene rings is 1. The number of hydrogen-bond acceptors (Lipinski definition) is 4. The molecule has 5 nitrogen and oxygen atoms in total. The van der Waals surface area contributed by atoms with Crippen LogP contribution in [0.3, 0.4) is 0 Å². The normalized spacial score (nSPS) is 17.9. The average molecular weight is 298 g/mol. The molecule has 1 heterocycles. The minimum absolute atomic E-state index is 0.271. The van der Waals surface area contributed by atoms with Crippen molar-refractivity contribution >= 4 is 15.7 Å². The van der Waals surface area contributed by atoms with Crippen LogP contribution in [0.5, 0.6) is 0 Å². The van der Waals surface area contributed by atoms with Crippen molar-refractivity contribution in [3.63, 3.8) is 0 Å². The summed E-state index contributed by atoms with van der Waals surface area (Å²) in [6, 6.07) is 6.78. The molecule has 0 saturated carbocycles. The van der Waals surface area contributed by atoms with E-state index in [0.717, 1.165) is 18.5 Å². The molecule has 112 valence electrons. The Morgan fingerprint density at radius 3 is 2.35 bits per heavy atom. The van der Waals surface area contributed by atoms with Crippen LogP contribution in [0, 0.1) is 0 Å². The average Bonchev–Trinajstić information content (AvgIpc) is 2.36. The van der Waals surface area contributed by atoms with Crippen molar-refractivity contribution in [3.05, 3.63) is 24.3 Å². The van der Waals surface area contributed by atoms with E-state index in [-0.39, 0.29) is 4.90 Å². The second-order valence-electron chi connectivity index (χ2n) is 5.33. The first kappa shape index (κ1) is 15.3. The van der Waals surface area contributed by atoms with E-state index >= 15 is 0 Å². The lowest BCUT2D eigenvalue weighted by molar-refractivity contribution is 0.00339.